The molecule has 0 atom stereocenters. The van der Waals surface area contributed by atoms with Gasteiger partial charge in [-0.3, -0.25) is 4.79 Å². The Morgan fingerprint density at radius 3 is 3.05 bits per heavy atom. The predicted octanol–water partition coefficient (Wildman–Crippen LogP) is 1.78. The third-order valence-electron chi connectivity index (χ3n) is 2.15. The van der Waals surface area contributed by atoms with Gasteiger partial charge in [0, 0.05) is 11.6 Å². The lowest BCUT2D eigenvalue weighted by molar-refractivity contribution is -0.116. The van der Waals surface area contributed by atoms with E-state index in [9.17, 15) is 9.18 Å². The molecule has 1 aliphatic heterocycles. The van der Waals surface area contributed by atoms with Gasteiger partial charge in [0.1, 0.15) is 11.6 Å². The highest BCUT2D eigenvalue weighted by molar-refractivity contribution is 8.15. The van der Waals surface area contributed by atoms with Crippen molar-refractivity contribution in [3.05, 3.63) is 29.6 Å². The fourth-order valence-corrected chi connectivity index (χ4v) is 2.07. The van der Waals surface area contributed by atoms with Crippen molar-refractivity contribution in [1.29, 1.82) is 0 Å². The molecule has 1 fully saturated rings. The van der Waals surface area contributed by atoms with E-state index in [0.29, 0.717) is 28.8 Å². The van der Waals surface area contributed by atoms with Crippen molar-refractivity contribution >= 4 is 29.1 Å². The number of hydrogen-bond acceptors (Lipinski definition) is 5. The molecule has 1 N–H and O–H groups in total. The van der Waals surface area contributed by atoms with Crippen LogP contribution in [0.25, 0.3) is 0 Å². The molecular formula is C12H12FN3O2S. The lowest BCUT2D eigenvalue weighted by Gasteiger charge is -2.03. The number of ether oxygens (including phenoxy) is 1. The van der Waals surface area contributed by atoms with E-state index >= 15 is 0 Å². The summed E-state index contributed by atoms with van der Waals surface area (Å²) in [6.07, 6.45) is 1.41. The Morgan fingerprint density at radius 1 is 1.53 bits per heavy atom. The molecule has 0 spiro atoms. The molecular weight excluding hydrogens is 269 g/mol. The molecule has 1 aliphatic rings. The molecule has 0 aliphatic carbocycles. The lowest BCUT2D eigenvalue weighted by atomic mass is 10.2. The van der Waals surface area contributed by atoms with E-state index in [1.54, 1.807) is 6.07 Å². The van der Waals surface area contributed by atoms with Crippen LogP contribution in [-0.4, -0.2) is 29.6 Å². The Kier molecular flexibility index (Phi) is 4.51. The molecule has 19 heavy (non-hydrogen) atoms. The van der Waals surface area contributed by atoms with Crippen molar-refractivity contribution in [2.45, 2.75) is 6.92 Å². The molecule has 0 radical (unpaired) electrons. The van der Waals surface area contributed by atoms with E-state index in [2.05, 4.69) is 15.5 Å². The molecule has 5 nitrogen and oxygen atoms in total. The van der Waals surface area contributed by atoms with E-state index in [1.165, 1.54) is 30.1 Å². The quantitative estimate of drug-likeness (QED) is 0.676. The summed E-state index contributed by atoms with van der Waals surface area (Å²) in [5.41, 5.74) is 0.544. The monoisotopic (exact) mass is 281 g/mol. The second kappa shape index (κ2) is 6.33. The van der Waals surface area contributed by atoms with E-state index in [1.807, 2.05) is 6.92 Å². The zero-order chi connectivity index (χ0) is 13.7. The van der Waals surface area contributed by atoms with Crippen molar-refractivity contribution in [1.82, 2.24) is 5.32 Å². The summed E-state index contributed by atoms with van der Waals surface area (Å²) >= 11 is 1.28. The molecule has 7 heteroatoms. The van der Waals surface area contributed by atoms with Crippen molar-refractivity contribution < 1.29 is 13.9 Å². The lowest BCUT2D eigenvalue weighted by Crippen LogP contribution is -2.19. The highest BCUT2D eigenvalue weighted by Gasteiger charge is 2.15. The molecule has 1 amide bonds. The van der Waals surface area contributed by atoms with Crippen molar-refractivity contribution in [2.24, 2.45) is 10.2 Å². The van der Waals surface area contributed by atoms with Crippen LogP contribution < -0.4 is 10.1 Å². The van der Waals surface area contributed by atoms with Crippen LogP contribution >= 0.6 is 11.8 Å². The number of nitrogens with zero attached hydrogens (tertiary/aromatic N) is 2. The van der Waals surface area contributed by atoms with Gasteiger partial charge >= 0.3 is 0 Å². The number of amides is 1. The molecule has 0 bridgehead atoms. The maximum Gasteiger partial charge on any atom is 0.236 e. The summed E-state index contributed by atoms with van der Waals surface area (Å²) in [7, 11) is 0. The maximum absolute atomic E-state index is 13.3. The molecule has 1 heterocycles. The first-order valence-electron chi connectivity index (χ1n) is 5.64. The zero-order valence-corrected chi connectivity index (χ0v) is 11.0. The smallest absolute Gasteiger partial charge is 0.236 e. The normalized spacial score (nSPS) is 17.2. The van der Waals surface area contributed by atoms with Gasteiger partial charge in [-0.1, -0.05) is 11.8 Å². The van der Waals surface area contributed by atoms with Gasteiger partial charge in [0.15, 0.2) is 5.17 Å². The Morgan fingerprint density at radius 2 is 2.37 bits per heavy atom. The van der Waals surface area contributed by atoms with Crippen molar-refractivity contribution in [2.75, 3.05) is 12.4 Å². The van der Waals surface area contributed by atoms with Crippen LogP contribution in [0.15, 0.2) is 28.4 Å². The van der Waals surface area contributed by atoms with Crippen molar-refractivity contribution in [3.63, 3.8) is 0 Å². The van der Waals surface area contributed by atoms with Gasteiger partial charge in [-0.15, -0.1) is 5.10 Å². The number of amidine groups is 1. The first kappa shape index (κ1) is 13.5. The second-order valence-electron chi connectivity index (χ2n) is 3.64. The minimum absolute atomic E-state index is 0.0941. The second-order valence-corrected chi connectivity index (χ2v) is 4.60. The Balaban J connectivity index is 2.08. The van der Waals surface area contributed by atoms with E-state index in [-0.39, 0.29) is 5.91 Å². The number of hydrogen-bond donors (Lipinski definition) is 1. The van der Waals surface area contributed by atoms with Crippen molar-refractivity contribution in [3.8, 4) is 5.75 Å². The molecule has 1 aromatic carbocycles. The average molecular weight is 281 g/mol. The summed E-state index contributed by atoms with van der Waals surface area (Å²) in [4.78, 5) is 10.9. The topological polar surface area (TPSA) is 63.1 Å². The van der Waals surface area contributed by atoms with Crippen LogP contribution in [0.5, 0.6) is 5.75 Å². The predicted molar refractivity (Wildman–Crippen MR) is 73.2 cm³/mol. The Bertz CT molecular complexity index is 546. The van der Waals surface area contributed by atoms with Gasteiger partial charge in [-0.2, -0.15) is 5.10 Å². The fourth-order valence-electron chi connectivity index (χ4n) is 1.44. The van der Waals surface area contributed by atoms with Gasteiger partial charge in [-0.25, -0.2) is 4.39 Å². The molecule has 0 aromatic heterocycles. The number of halogens is 1. The zero-order valence-electron chi connectivity index (χ0n) is 10.2. The van der Waals surface area contributed by atoms with Gasteiger partial charge in [0.2, 0.25) is 5.91 Å². The highest BCUT2D eigenvalue weighted by Crippen LogP contribution is 2.15. The summed E-state index contributed by atoms with van der Waals surface area (Å²) in [5, 5.41) is 10.6. The third-order valence-corrected chi connectivity index (χ3v) is 3.01. The maximum atomic E-state index is 13.3. The SMILES string of the molecule is CCOc1cc(F)cc(C=NN=C2NC(=O)CS2)c1. The van der Waals surface area contributed by atoms with Crippen LogP contribution in [0.1, 0.15) is 12.5 Å². The number of rotatable bonds is 4. The average Bonchev–Trinajstić information content (AvgIpc) is 2.75. The van der Waals surface area contributed by atoms with Crippen LogP contribution in [0.2, 0.25) is 0 Å². The summed E-state index contributed by atoms with van der Waals surface area (Å²) < 4.78 is 18.5. The number of carbonyl (C=O) groups is 1. The molecule has 0 unspecified atom stereocenters. The van der Waals surface area contributed by atoms with E-state index in [4.69, 9.17) is 4.74 Å². The summed E-state index contributed by atoms with van der Waals surface area (Å²) in [5.74, 6) is 0.301. The standard InChI is InChI=1S/C12H12FN3O2S/c1-2-18-10-4-8(3-9(13)5-10)6-14-16-12-15-11(17)7-19-12/h3-6H,2,7H2,1H3,(H,15,16,17). The van der Waals surface area contributed by atoms with Crippen LogP contribution in [-0.2, 0) is 4.79 Å². The van der Waals surface area contributed by atoms with Crippen LogP contribution in [0, 0.1) is 5.82 Å². The van der Waals surface area contributed by atoms with Gasteiger partial charge < -0.3 is 10.1 Å². The molecule has 1 saturated heterocycles. The Labute approximate surface area is 113 Å². The molecule has 1 aromatic rings. The van der Waals surface area contributed by atoms with E-state index < -0.39 is 5.82 Å². The fraction of sp³-hybridized carbons (Fsp3) is 0.250. The highest BCUT2D eigenvalue weighted by atomic mass is 32.2. The van der Waals surface area contributed by atoms with Gasteiger partial charge in [0.05, 0.1) is 18.6 Å². The molecule has 2 rings (SSSR count). The third kappa shape index (κ3) is 4.06. The van der Waals surface area contributed by atoms with E-state index in [0.717, 1.165) is 0 Å². The minimum Gasteiger partial charge on any atom is -0.494 e. The molecule has 100 valence electrons. The van der Waals surface area contributed by atoms with Gasteiger partial charge in [0.25, 0.3) is 0 Å². The summed E-state index contributed by atoms with van der Waals surface area (Å²) in [6.45, 7) is 2.29. The first-order chi connectivity index (χ1) is 9.17. The first-order valence-corrected chi connectivity index (χ1v) is 6.63. The summed E-state index contributed by atoms with van der Waals surface area (Å²) in [6, 6.07) is 4.29. The molecule has 0 saturated carbocycles. The number of carbonyl (C=O) groups excluding carboxylic acids is 1. The number of benzene rings is 1. The Hall–Kier alpha value is -1.89. The largest absolute Gasteiger partial charge is 0.494 e. The van der Waals surface area contributed by atoms with Gasteiger partial charge in [-0.05, 0) is 19.1 Å². The van der Waals surface area contributed by atoms with Crippen LogP contribution in [0.4, 0.5) is 4.39 Å². The number of nitrogens with one attached hydrogen (secondary N) is 1. The van der Waals surface area contributed by atoms with Crippen LogP contribution in [0.3, 0.4) is 0 Å². The minimum atomic E-state index is -0.399. The number of thioether (sulfide) groups is 1.